The van der Waals surface area contributed by atoms with Crippen molar-refractivity contribution < 1.29 is 23.1 Å². The van der Waals surface area contributed by atoms with Gasteiger partial charge < -0.3 is 15.3 Å². The fourth-order valence-corrected chi connectivity index (χ4v) is 5.19. The van der Waals surface area contributed by atoms with Crippen molar-refractivity contribution in [2.24, 2.45) is 0 Å². The fourth-order valence-electron chi connectivity index (χ4n) is 4.99. The number of carbonyl (C=O) groups excluding carboxylic acids is 1. The predicted octanol–water partition coefficient (Wildman–Crippen LogP) is 4.71. The van der Waals surface area contributed by atoms with Gasteiger partial charge in [0.05, 0.1) is 12.2 Å². The summed E-state index contributed by atoms with van der Waals surface area (Å²) in [5, 5.41) is 18.8. The van der Waals surface area contributed by atoms with Gasteiger partial charge in [-0.25, -0.2) is 22.8 Å². The third-order valence-corrected chi connectivity index (χ3v) is 7.40. The van der Waals surface area contributed by atoms with Gasteiger partial charge in [0, 0.05) is 61.1 Å². The van der Waals surface area contributed by atoms with E-state index in [0.29, 0.717) is 48.1 Å². The van der Waals surface area contributed by atoms with Crippen LogP contribution in [0.25, 0.3) is 6.08 Å². The van der Waals surface area contributed by atoms with Crippen molar-refractivity contribution in [2.75, 3.05) is 42.9 Å². The molecule has 1 aliphatic rings. The highest BCUT2D eigenvalue weighted by Gasteiger charge is 2.36. The van der Waals surface area contributed by atoms with Gasteiger partial charge in [-0.3, -0.25) is 9.69 Å². The van der Waals surface area contributed by atoms with Crippen LogP contribution in [0.3, 0.4) is 0 Å². The van der Waals surface area contributed by atoms with Gasteiger partial charge in [-0.1, -0.05) is 35.9 Å². The third kappa shape index (κ3) is 6.99. The molecule has 3 aromatic carbocycles. The number of hydrogen-bond donors (Lipinski definition) is 2. The van der Waals surface area contributed by atoms with Crippen molar-refractivity contribution >= 4 is 35.0 Å². The maximum absolute atomic E-state index is 15.1. The first-order chi connectivity index (χ1) is 20.2. The highest BCUT2D eigenvalue weighted by atomic mass is 35.5. The lowest BCUT2D eigenvalue weighted by Crippen LogP contribution is -2.52. The highest BCUT2D eigenvalue weighted by molar-refractivity contribution is 6.32. The Hall–Kier alpha value is -4.19. The zero-order valence-electron chi connectivity index (χ0n) is 22.4. The number of nitrogens with zero attached hydrogens (tertiary/aromatic N) is 5. The van der Waals surface area contributed by atoms with Gasteiger partial charge >= 0.3 is 0 Å². The Balaban J connectivity index is 1.21. The van der Waals surface area contributed by atoms with Gasteiger partial charge in [0.2, 0.25) is 5.91 Å². The molecule has 1 aliphatic heterocycles. The van der Waals surface area contributed by atoms with Crippen LogP contribution in [-0.2, 0) is 16.9 Å². The zero-order valence-corrected chi connectivity index (χ0v) is 23.2. The van der Waals surface area contributed by atoms with E-state index in [-0.39, 0.29) is 18.7 Å². The maximum Gasteiger partial charge on any atom is 0.248 e. The molecule has 0 aliphatic carbocycles. The van der Waals surface area contributed by atoms with Gasteiger partial charge in [0.15, 0.2) is 0 Å². The van der Waals surface area contributed by atoms with Crippen molar-refractivity contribution in [1.29, 1.82) is 0 Å². The van der Waals surface area contributed by atoms with Gasteiger partial charge in [0.25, 0.3) is 0 Å². The highest BCUT2D eigenvalue weighted by Crippen LogP contribution is 2.30. The monoisotopic (exact) mass is 596 g/mol. The summed E-state index contributed by atoms with van der Waals surface area (Å²) in [6.45, 7) is 1.73. The summed E-state index contributed by atoms with van der Waals surface area (Å²) in [5.41, 5.74) is -0.397. The Morgan fingerprint density at radius 3 is 2.48 bits per heavy atom. The van der Waals surface area contributed by atoms with Crippen molar-refractivity contribution in [3.8, 4) is 0 Å². The van der Waals surface area contributed by atoms with Gasteiger partial charge in [0.1, 0.15) is 35.7 Å². The van der Waals surface area contributed by atoms with Crippen LogP contribution in [0.1, 0.15) is 11.1 Å². The van der Waals surface area contributed by atoms with E-state index in [4.69, 9.17) is 11.6 Å². The summed E-state index contributed by atoms with van der Waals surface area (Å²) in [5.74, 6) is -2.52. The van der Waals surface area contributed by atoms with Crippen LogP contribution in [0.4, 0.5) is 24.5 Å². The second-order valence-corrected chi connectivity index (χ2v) is 10.4. The van der Waals surface area contributed by atoms with E-state index in [1.54, 1.807) is 36.4 Å². The molecule has 0 bridgehead atoms. The molecule has 0 spiro atoms. The molecule has 5 rings (SSSR count). The molecule has 0 saturated carbocycles. The topological polar surface area (TPSA) is 86.5 Å². The number of rotatable bonds is 9. The molecule has 1 unspecified atom stereocenters. The minimum Gasteiger partial charge on any atom is -0.382 e. The molecule has 1 saturated heterocycles. The summed E-state index contributed by atoms with van der Waals surface area (Å²) >= 11 is 6.10. The smallest absolute Gasteiger partial charge is 0.248 e. The molecule has 12 heteroatoms. The van der Waals surface area contributed by atoms with Crippen LogP contribution < -0.4 is 10.2 Å². The average Bonchev–Trinajstić information content (AvgIpc) is 3.46. The summed E-state index contributed by atoms with van der Waals surface area (Å²) in [7, 11) is 0. The second kappa shape index (κ2) is 12.8. The lowest BCUT2D eigenvalue weighted by molar-refractivity contribution is -0.111. The maximum atomic E-state index is 15.1. The number of amides is 1. The summed E-state index contributed by atoms with van der Waals surface area (Å²) in [4.78, 5) is 20.0. The van der Waals surface area contributed by atoms with Crippen LogP contribution in [-0.4, -0.2) is 63.4 Å². The minimum atomic E-state index is -1.72. The number of piperazine rings is 1. The van der Waals surface area contributed by atoms with Crippen LogP contribution in [0.15, 0.2) is 79.4 Å². The number of aliphatic hydroxyl groups is 1. The van der Waals surface area contributed by atoms with E-state index in [2.05, 4.69) is 15.4 Å². The van der Waals surface area contributed by atoms with Crippen molar-refractivity contribution in [3.63, 3.8) is 0 Å². The summed E-state index contributed by atoms with van der Waals surface area (Å²) in [6, 6.07) is 14.7. The minimum absolute atomic E-state index is 0.0401. The number of carbonyl (C=O) groups is 1. The summed E-state index contributed by atoms with van der Waals surface area (Å²) < 4.78 is 44.8. The number of β-amino-alcohol motifs (C(OH)–C–C–N with tert-alkyl or cyclic N) is 1. The Bertz CT molecular complexity index is 1580. The Morgan fingerprint density at radius 2 is 1.79 bits per heavy atom. The molecule has 1 atom stereocenters. The van der Waals surface area contributed by atoms with E-state index >= 15 is 4.39 Å². The molecular formula is C30H28ClF3N6O2. The van der Waals surface area contributed by atoms with Crippen molar-refractivity contribution in [2.45, 2.75) is 12.1 Å². The Labute approximate surface area is 245 Å². The molecular weight excluding hydrogens is 569 g/mol. The average molecular weight is 597 g/mol. The molecule has 218 valence electrons. The molecule has 4 aromatic rings. The van der Waals surface area contributed by atoms with Gasteiger partial charge in [-0.15, -0.1) is 0 Å². The number of anilines is 2. The van der Waals surface area contributed by atoms with E-state index in [1.807, 2.05) is 15.9 Å². The first-order valence-electron chi connectivity index (χ1n) is 13.2. The molecule has 2 N–H and O–H groups in total. The van der Waals surface area contributed by atoms with E-state index in [0.717, 1.165) is 12.1 Å². The molecule has 1 aromatic heterocycles. The molecule has 1 fully saturated rings. The lowest BCUT2D eigenvalue weighted by atomic mass is 9.92. The number of benzene rings is 3. The summed E-state index contributed by atoms with van der Waals surface area (Å²) in [6.07, 6.45) is 5.63. The molecule has 8 nitrogen and oxygen atoms in total. The number of hydrogen-bond acceptors (Lipinski definition) is 6. The van der Waals surface area contributed by atoms with Crippen LogP contribution in [0.5, 0.6) is 0 Å². The van der Waals surface area contributed by atoms with Gasteiger partial charge in [-0.2, -0.15) is 5.10 Å². The fraction of sp³-hybridized carbons (Fsp3) is 0.233. The van der Waals surface area contributed by atoms with E-state index in [9.17, 15) is 18.7 Å². The lowest BCUT2D eigenvalue weighted by Gasteiger charge is -2.40. The van der Waals surface area contributed by atoms with Gasteiger partial charge in [-0.05, 0) is 42.0 Å². The second-order valence-electron chi connectivity index (χ2n) is 10.0. The van der Waals surface area contributed by atoms with Crippen molar-refractivity contribution in [1.82, 2.24) is 19.7 Å². The molecule has 42 heavy (non-hydrogen) atoms. The molecule has 2 heterocycles. The Kier molecular flexibility index (Phi) is 8.91. The first-order valence-corrected chi connectivity index (χ1v) is 13.6. The van der Waals surface area contributed by atoms with Crippen molar-refractivity contribution in [3.05, 3.63) is 113 Å². The molecule has 1 amide bonds. The quantitative estimate of drug-likeness (QED) is 0.272. The zero-order chi connectivity index (χ0) is 29.7. The third-order valence-electron chi connectivity index (χ3n) is 7.06. The van der Waals surface area contributed by atoms with E-state index < -0.39 is 29.0 Å². The molecule has 0 radical (unpaired) electrons. The standard InChI is InChI=1S/C30H28ClF3N6O2/c31-25-4-2-1-3-21(25)5-10-29(41)37-23-7-9-28(27(34)16-23)39-13-11-38(12-14-39)17-30(42,18-40-20-35-19-36-40)24-8-6-22(32)15-26(24)33/h1-10,15-16,19-20,42H,11-14,17-18H2,(H,37,41)/b10-5+. The number of nitrogens with one attached hydrogen (secondary N) is 1. The largest absolute Gasteiger partial charge is 0.382 e. The Morgan fingerprint density at radius 1 is 1.00 bits per heavy atom. The SMILES string of the molecule is O=C(/C=C/c1ccccc1Cl)Nc1ccc(N2CCN(CC(O)(Cn3cncn3)c3ccc(F)cc3F)CC2)c(F)c1. The normalized spacial score (nSPS) is 15.6. The predicted molar refractivity (Wildman–Crippen MR) is 154 cm³/mol. The van der Waals surface area contributed by atoms with Crippen LogP contribution in [0, 0.1) is 17.5 Å². The number of halogens is 4. The number of aromatic nitrogens is 3. The van der Waals surface area contributed by atoms with E-state index in [1.165, 1.54) is 35.5 Å². The van der Waals surface area contributed by atoms with Crippen LogP contribution in [0.2, 0.25) is 5.02 Å². The van der Waals surface area contributed by atoms with Crippen LogP contribution >= 0.6 is 11.6 Å². The first kappa shape index (κ1) is 29.3.